The van der Waals surface area contributed by atoms with E-state index in [9.17, 15) is 5.26 Å². The van der Waals surface area contributed by atoms with Crippen molar-refractivity contribution in [2.45, 2.75) is 6.54 Å². The summed E-state index contributed by atoms with van der Waals surface area (Å²) in [5.74, 6) is 0.417. The molecule has 3 aromatic heterocycles. The predicted octanol–water partition coefficient (Wildman–Crippen LogP) is 4.57. The first kappa shape index (κ1) is 22.4. The van der Waals surface area contributed by atoms with Gasteiger partial charge in [-0.2, -0.15) is 25.3 Å². The van der Waals surface area contributed by atoms with Crippen LogP contribution in [0.1, 0.15) is 17.0 Å². The first-order chi connectivity index (χ1) is 17.7. The van der Waals surface area contributed by atoms with Crippen LogP contribution < -0.4 is 11.1 Å². The van der Waals surface area contributed by atoms with E-state index in [-0.39, 0.29) is 23.3 Å². The van der Waals surface area contributed by atoms with Gasteiger partial charge in [0, 0.05) is 35.4 Å². The molecule has 0 saturated heterocycles. The molecule has 0 spiro atoms. The number of pyridine rings is 1. The molecule has 0 amide bonds. The molecule has 0 fully saturated rings. The fourth-order valence-electron chi connectivity index (χ4n) is 3.64. The number of allylic oxidation sites excluding steroid dienone is 1. The molecule has 0 aliphatic carbocycles. The second kappa shape index (κ2) is 10.3. The molecule has 0 bridgehead atoms. The molecule has 2 aromatic carbocycles. The molecule has 5 aromatic rings. The number of benzene rings is 2. The van der Waals surface area contributed by atoms with Crippen LogP contribution >= 0.6 is 0 Å². The fourth-order valence-corrected chi connectivity index (χ4v) is 3.64. The molecule has 0 radical (unpaired) electrons. The summed E-state index contributed by atoms with van der Waals surface area (Å²) in [5.41, 5.74) is 10.3. The third-order valence-electron chi connectivity index (χ3n) is 5.26. The lowest BCUT2D eigenvalue weighted by atomic mass is 10.1. The summed E-state index contributed by atoms with van der Waals surface area (Å²) >= 11 is 0. The second-order valence-corrected chi connectivity index (χ2v) is 7.86. The third kappa shape index (κ3) is 5.24. The van der Waals surface area contributed by atoms with E-state index in [1.807, 2.05) is 83.7 Å². The van der Waals surface area contributed by atoms with Crippen LogP contribution in [0.25, 0.3) is 22.9 Å². The fraction of sp³-hybridized carbons (Fsp3) is 0.0370. The molecule has 3 heterocycles. The zero-order valence-corrected chi connectivity index (χ0v) is 19.2. The van der Waals surface area contributed by atoms with Gasteiger partial charge in [-0.15, -0.1) is 0 Å². The average Bonchev–Trinajstić information content (AvgIpc) is 3.30. The van der Waals surface area contributed by atoms with Gasteiger partial charge in [-0.05, 0) is 35.9 Å². The summed E-state index contributed by atoms with van der Waals surface area (Å²) in [5, 5.41) is 17.9. The summed E-state index contributed by atoms with van der Waals surface area (Å²) in [6.45, 7) is 0.577. The number of aromatic nitrogens is 6. The highest BCUT2D eigenvalue weighted by molar-refractivity contribution is 5.90. The van der Waals surface area contributed by atoms with Gasteiger partial charge in [-0.25, -0.2) is 0 Å². The Bertz CT molecular complexity index is 1540. The molecule has 5 rings (SSSR count). The van der Waals surface area contributed by atoms with Crippen molar-refractivity contribution in [1.82, 2.24) is 29.7 Å². The highest BCUT2D eigenvalue weighted by Crippen LogP contribution is 2.26. The zero-order chi connectivity index (χ0) is 24.7. The Morgan fingerprint density at radius 2 is 1.75 bits per heavy atom. The van der Waals surface area contributed by atoms with Gasteiger partial charge in [0.15, 0.2) is 5.82 Å². The van der Waals surface area contributed by atoms with Crippen LogP contribution in [-0.4, -0.2) is 29.7 Å². The lowest BCUT2D eigenvalue weighted by Crippen LogP contribution is -2.06. The third-order valence-corrected chi connectivity index (χ3v) is 5.26. The number of nitrogens with one attached hydrogen (secondary N) is 1. The second-order valence-electron chi connectivity index (χ2n) is 7.86. The number of nitriles is 1. The molecule has 9 heteroatoms. The van der Waals surface area contributed by atoms with E-state index < -0.39 is 0 Å². The number of para-hydroxylation sites is 1. The van der Waals surface area contributed by atoms with Crippen molar-refractivity contribution < 1.29 is 0 Å². The van der Waals surface area contributed by atoms with E-state index in [0.717, 1.165) is 22.4 Å². The summed E-state index contributed by atoms with van der Waals surface area (Å²) < 4.78 is 1.84. The minimum absolute atomic E-state index is 0.00633. The number of hydrogen-bond acceptors (Lipinski definition) is 8. The minimum atomic E-state index is 0.00633. The number of nitrogens with two attached hydrogens (primary N) is 1. The number of hydrogen-bond donors (Lipinski definition) is 2. The maximum atomic E-state index is 10.00. The van der Waals surface area contributed by atoms with Crippen LogP contribution in [0.5, 0.6) is 0 Å². The van der Waals surface area contributed by atoms with Gasteiger partial charge in [-0.1, -0.05) is 48.5 Å². The van der Waals surface area contributed by atoms with Gasteiger partial charge in [-0.3, -0.25) is 9.67 Å². The molecule has 36 heavy (non-hydrogen) atoms. The standard InChI is InChI=1S/C27H21N9/c28-15-21(25-32-26(29)34-27(33-25)31-23-11-5-2-6-12-23)14-22-18-36(17-19-8-3-1-4-9-19)35-24(22)20-10-7-13-30-16-20/h1-14,16,18H,17H2,(H3,29,31,32,33,34). The molecular formula is C27H21N9. The summed E-state index contributed by atoms with van der Waals surface area (Å²) in [6.07, 6.45) is 7.04. The zero-order valence-electron chi connectivity index (χ0n) is 19.2. The molecule has 174 valence electrons. The van der Waals surface area contributed by atoms with Crippen molar-refractivity contribution in [2.24, 2.45) is 0 Å². The van der Waals surface area contributed by atoms with Crippen molar-refractivity contribution >= 4 is 29.2 Å². The lowest BCUT2D eigenvalue weighted by molar-refractivity contribution is 0.689. The SMILES string of the molecule is N#CC(=Cc1cn(Cc2ccccc2)nc1-c1cccnc1)c1nc(N)nc(Nc2ccccc2)n1. The van der Waals surface area contributed by atoms with Gasteiger partial charge in [0.2, 0.25) is 11.9 Å². The topological polar surface area (TPSA) is 131 Å². The minimum Gasteiger partial charge on any atom is -0.368 e. The molecule has 3 N–H and O–H groups in total. The van der Waals surface area contributed by atoms with E-state index in [1.165, 1.54) is 0 Å². The largest absolute Gasteiger partial charge is 0.368 e. The molecule has 0 aliphatic rings. The first-order valence-electron chi connectivity index (χ1n) is 11.2. The van der Waals surface area contributed by atoms with Gasteiger partial charge in [0.05, 0.1) is 12.1 Å². The van der Waals surface area contributed by atoms with Gasteiger partial charge in [0.1, 0.15) is 11.8 Å². The molecule has 0 atom stereocenters. The van der Waals surface area contributed by atoms with Gasteiger partial charge >= 0.3 is 0 Å². The molecule has 0 aliphatic heterocycles. The molecule has 0 unspecified atom stereocenters. The Labute approximate surface area is 207 Å². The van der Waals surface area contributed by atoms with E-state index in [2.05, 4.69) is 31.3 Å². The van der Waals surface area contributed by atoms with E-state index >= 15 is 0 Å². The summed E-state index contributed by atoms with van der Waals surface area (Å²) in [6, 6.07) is 25.4. The van der Waals surface area contributed by atoms with Crippen LogP contribution in [0.15, 0.2) is 91.4 Å². The van der Waals surface area contributed by atoms with Crippen molar-refractivity contribution in [2.75, 3.05) is 11.1 Å². The normalized spacial score (nSPS) is 11.1. The van der Waals surface area contributed by atoms with Gasteiger partial charge in [0.25, 0.3) is 0 Å². The van der Waals surface area contributed by atoms with Crippen molar-refractivity contribution in [3.63, 3.8) is 0 Å². The Balaban J connectivity index is 1.54. The smallest absolute Gasteiger partial charge is 0.232 e. The van der Waals surface area contributed by atoms with Crippen LogP contribution in [-0.2, 0) is 6.54 Å². The summed E-state index contributed by atoms with van der Waals surface area (Å²) in [4.78, 5) is 17.0. The van der Waals surface area contributed by atoms with Crippen LogP contribution in [0.3, 0.4) is 0 Å². The molecule has 9 nitrogen and oxygen atoms in total. The van der Waals surface area contributed by atoms with E-state index in [0.29, 0.717) is 12.2 Å². The Morgan fingerprint density at radius 1 is 0.972 bits per heavy atom. The average molecular weight is 472 g/mol. The maximum absolute atomic E-state index is 10.00. The lowest BCUT2D eigenvalue weighted by Gasteiger charge is -2.07. The highest BCUT2D eigenvalue weighted by atomic mass is 15.3. The van der Waals surface area contributed by atoms with Crippen molar-refractivity contribution in [3.05, 3.63) is 108 Å². The number of anilines is 3. The van der Waals surface area contributed by atoms with Crippen molar-refractivity contribution in [3.8, 4) is 17.3 Å². The van der Waals surface area contributed by atoms with E-state index in [1.54, 1.807) is 18.5 Å². The highest BCUT2D eigenvalue weighted by Gasteiger charge is 2.15. The van der Waals surface area contributed by atoms with Crippen LogP contribution in [0, 0.1) is 11.3 Å². The Hall–Kier alpha value is -5.36. The Kier molecular flexibility index (Phi) is 6.40. The van der Waals surface area contributed by atoms with E-state index in [4.69, 9.17) is 10.8 Å². The summed E-state index contributed by atoms with van der Waals surface area (Å²) in [7, 11) is 0. The predicted molar refractivity (Wildman–Crippen MR) is 138 cm³/mol. The maximum Gasteiger partial charge on any atom is 0.232 e. The van der Waals surface area contributed by atoms with Crippen LogP contribution in [0.2, 0.25) is 0 Å². The monoisotopic (exact) mass is 471 g/mol. The molecule has 0 saturated carbocycles. The van der Waals surface area contributed by atoms with Crippen molar-refractivity contribution in [1.29, 1.82) is 5.26 Å². The first-order valence-corrected chi connectivity index (χ1v) is 11.2. The Morgan fingerprint density at radius 3 is 2.47 bits per heavy atom. The van der Waals surface area contributed by atoms with Gasteiger partial charge < -0.3 is 11.1 Å². The number of nitrogens with zero attached hydrogens (tertiary/aromatic N) is 7. The quantitative estimate of drug-likeness (QED) is 0.330. The number of rotatable bonds is 7. The number of nitrogen functional groups attached to an aromatic ring is 1. The van der Waals surface area contributed by atoms with Crippen LogP contribution in [0.4, 0.5) is 17.6 Å². The molecular weight excluding hydrogens is 450 g/mol.